The molecule has 29 heavy (non-hydrogen) atoms. The van der Waals surface area contributed by atoms with E-state index in [1.165, 1.54) is 0 Å². The van der Waals surface area contributed by atoms with E-state index in [0.29, 0.717) is 34.0 Å². The number of carbonyl (C=O) groups is 1. The van der Waals surface area contributed by atoms with Gasteiger partial charge >= 0.3 is 6.03 Å². The minimum Gasteiger partial charge on any atom is -0.497 e. The zero-order valence-corrected chi connectivity index (χ0v) is 17.1. The summed E-state index contributed by atoms with van der Waals surface area (Å²) in [6.45, 7) is 0.568. The predicted molar refractivity (Wildman–Crippen MR) is 110 cm³/mol. The molecule has 150 valence electrons. The lowest BCUT2D eigenvalue weighted by Gasteiger charge is -2.22. The molecule has 1 aliphatic rings. The van der Waals surface area contributed by atoms with Gasteiger partial charge in [0.2, 0.25) is 11.7 Å². The molecule has 2 amide bonds. The number of hydrogen-bond acceptors (Lipinski definition) is 5. The Hall–Kier alpha value is -2.77. The standard InChI is InChI=1S/C20H18Cl2N4O3/c1-28-13-9-7-12(8-10-13)18-24-19(29-25-18)16-6-3-11-26(16)20(27)23-17-14(21)4-2-5-15(17)22/h2,4-5,7-10,16H,3,6,11H2,1H3,(H,23,27). The SMILES string of the molecule is COc1ccc(-c2noc(C3CCCN3C(=O)Nc3c(Cl)cccc3Cl)n2)cc1. The Kier molecular flexibility index (Phi) is 5.60. The van der Waals surface area contributed by atoms with Crippen molar-refractivity contribution in [1.82, 2.24) is 15.0 Å². The van der Waals surface area contributed by atoms with Crippen LogP contribution in [0.1, 0.15) is 24.8 Å². The quantitative estimate of drug-likeness (QED) is 0.594. The van der Waals surface area contributed by atoms with Crippen molar-refractivity contribution in [2.24, 2.45) is 0 Å². The molecule has 1 aromatic heterocycles. The smallest absolute Gasteiger partial charge is 0.322 e. The number of aromatic nitrogens is 2. The number of methoxy groups -OCH3 is 1. The monoisotopic (exact) mass is 432 g/mol. The summed E-state index contributed by atoms with van der Waals surface area (Å²) in [6.07, 6.45) is 1.56. The van der Waals surface area contributed by atoms with Crippen LogP contribution in [0.5, 0.6) is 5.75 Å². The van der Waals surface area contributed by atoms with Gasteiger partial charge in [-0.05, 0) is 49.2 Å². The van der Waals surface area contributed by atoms with E-state index in [-0.39, 0.29) is 12.1 Å². The molecule has 1 saturated heterocycles. The van der Waals surface area contributed by atoms with Crippen LogP contribution in [0.4, 0.5) is 10.5 Å². The second-order valence-electron chi connectivity index (χ2n) is 6.56. The molecule has 9 heteroatoms. The second kappa shape index (κ2) is 8.31. The Morgan fingerprint density at radius 1 is 1.21 bits per heavy atom. The summed E-state index contributed by atoms with van der Waals surface area (Å²) in [5, 5.41) is 7.61. The summed E-state index contributed by atoms with van der Waals surface area (Å²) in [5.74, 6) is 1.60. The molecule has 1 N–H and O–H groups in total. The summed E-state index contributed by atoms with van der Waals surface area (Å²) < 4.78 is 10.6. The number of halogens is 2. The summed E-state index contributed by atoms with van der Waals surface area (Å²) in [4.78, 5) is 19.0. The largest absolute Gasteiger partial charge is 0.497 e. The Morgan fingerprint density at radius 3 is 2.62 bits per heavy atom. The van der Waals surface area contributed by atoms with Crippen LogP contribution in [0.3, 0.4) is 0 Å². The normalized spacial score (nSPS) is 16.1. The summed E-state index contributed by atoms with van der Waals surface area (Å²) in [5.41, 5.74) is 1.19. The molecule has 7 nitrogen and oxygen atoms in total. The van der Waals surface area contributed by atoms with E-state index in [9.17, 15) is 4.79 Å². The van der Waals surface area contributed by atoms with Crippen molar-refractivity contribution < 1.29 is 14.1 Å². The lowest BCUT2D eigenvalue weighted by atomic mass is 10.2. The van der Waals surface area contributed by atoms with Gasteiger partial charge in [-0.3, -0.25) is 0 Å². The van der Waals surface area contributed by atoms with Crippen molar-refractivity contribution in [2.75, 3.05) is 19.0 Å². The third kappa shape index (κ3) is 4.02. The minimum absolute atomic E-state index is 0.309. The van der Waals surface area contributed by atoms with E-state index in [0.717, 1.165) is 24.2 Å². The van der Waals surface area contributed by atoms with Crippen LogP contribution >= 0.6 is 23.2 Å². The fourth-order valence-corrected chi connectivity index (χ4v) is 3.78. The Bertz CT molecular complexity index is 1000. The van der Waals surface area contributed by atoms with Gasteiger partial charge < -0.3 is 19.5 Å². The van der Waals surface area contributed by atoms with Gasteiger partial charge in [-0.15, -0.1) is 0 Å². The Morgan fingerprint density at radius 2 is 1.93 bits per heavy atom. The predicted octanol–water partition coefficient (Wildman–Crippen LogP) is 5.42. The highest BCUT2D eigenvalue weighted by molar-refractivity contribution is 6.39. The van der Waals surface area contributed by atoms with E-state index < -0.39 is 0 Å². The van der Waals surface area contributed by atoms with Crippen molar-refractivity contribution >= 4 is 34.9 Å². The first-order valence-corrected chi connectivity index (χ1v) is 9.82. The maximum atomic E-state index is 12.8. The van der Waals surface area contributed by atoms with Gasteiger partial charge in [0.25, 0.3) is 0 Å². The molecule has 0 bridgehead atoms. The molecular weight excluding hydrogens is 415 g/mol. The summed E-state index contributed by atoms with van der Waals surface area (Å²) in [6, 6.07) is 11.8. The van der Waals surface area contributed by atoms with Gasteiger partial charge in [0.05, 0.1) is 22.8 Å². The number of amides is 2. The van der Waals surface area contributed by atoms with Crippen LogP contribution in [0.25, 0.3) is 11.4 Å². The van der Waals surface area contributed by atoms with Crippen LogP contribution in [-0.4, -0.2) is 34.7 Å². The molecule has 0 spiro atoms. The average molecular weight is 433 g/mol. The number of rotatable bonds is 4. The highest BCUT2D eigenvalue weighted by Crippen LogP contribution is 2.35. The fraction of sp³-hybridized carbons (Fsp3) is 0.250. The molecule has 1 atom stereocenters. The molecule has 3 aromatic rings. The molecule has 4 rings (SSSR count). The first-order valence-electron chi connectivity index (χ1n) is 9.06. The lowest BCUT2D eigenvalue weighted by molar-refractivity contribution is 0.193. The topological polar surface area (TPSA) is 80.5 Å². The van der Waals surface area contributed by atoms with Crippen LogP contribution in [-0.2, 0) is 0 Å². The molecule has 2 aromatic carbocycles. The van der Waals surface area contributed by atoms with Gasteiger partial charge in [0.15, 0.2) is 0 Å². The van der Waals surface area contributed by atoms with Gasteiger partial charge in [-0.25, -0.2) is 4.79 Å². The number of ether oxygens (including phenoxy) is 1. The van der Waals surface area contributed by atoms with E-state index in [1.54, 1.807) is 30.2 Å². The van der Waals surface area contributed by atoms with Crippen LogP contribution in [0.15, 0.2) is 47.0 Å². The number of anilines is 1. The second-order valence-corrected chi connectivity index (χ2v) is 7.38. The van der Waals surface area contributed by atoms with Gasteiger partial charge in [-0.1, -0.05) is 34.4 Å². The van der Waals surface area contributed by atoms with E-state index in [1.807, 2.05) is 24.3 Å². The molecule has 1 aliphatic heterocycles. The van der Waals surface area contributed by atoms with E-state index >= 15 is 0 Å². The van der Waals surface area contributed by atoms with Crippen molar-refractivity contribution in [1.29, 1.82) is 0 Å². The fourth-order valence-electron chi connectivity index (χ4n) is 3.29. The third-order valence-electron chi connectivity index (χ3n) is 4.78. The highest BCUT2D eigenvalue weighted by atomic mass is 35.5. The van der Waals surface area contributed by atoms with Crippen molar-refractivity contribution in [3.63, 3.8) is 0 Å². The number of benzene rings is 2. The van der Waals surface area contributed by atoms with Crippen LogP contribution in [0.2, 0.25) is 10.0 Å². The first-order chi connectivity index (χ1) is 14.1. The van der Waals surface area contributed by atoms with Gasteiger partial charge in [0.1, 0.15) is 11.8 Å². The molecule has 2 heterocycles. The number of nitrogens with zero attached hydrogens (tertiary/aromatic N) is 3. The summed E-state index contributed by atoms with van der Waals surface area (Å²) in [7, 11) is 1.61. The molecule has 1 fully saturated rings. The maximum absolute atomic E-state index is 12.8. The van der Waals surface area contributed by atoms with Crippen molar-refractivity contribution in [2.45, 2.75) is 18.9 Å². The molecule has 1 unspecified atom stereocenters. The third-order valence-corrected chi connectivity index (χ3v) is 5.41. The number of para-hydroxylation sites is 1. The average Bonchev–Trinajstić information content (AvgIpc) is 3.40. The van der Waals surface area contributed by atoms with Gasteiger partial charge in [-0.2, -0.15) is 4.98 Å². The number of carbonyl (C=O) groups excluding carboxylic acids is 1. The number of likely N-dealkylation sites (tertiary alicyclic amines) is 1. The number of hydrogen-bond donors (Lipinski definition) is 1. The summed E-state index contributed by atoms with van der Waals surface area (Å²) >= 11 is 12.3. The molecule has 0 saturated carbocycles. The van der Waals surface area contributed by atoms with E-state index in [4.69, 9.17) is 32.5 Å². The zero-order valence-electron chi connectivity index (χ0n) is 15.6. The molecular formula is C20H18Cl2N4O3. The van der Waals surface area contributed by atoms with Gasteiger partial charge in [0, 0.05) is 12.1 Å². The Labute approximate surface area is 177 Å². The highest BCUT2D eigenvalue weighted by Gasteiger charge is 2.34. The van der Waals surface area contributed by atoms with Crippen LogP contribution in [0, 0.1) is 0 Å². The zero-order chi connectivity index (χ0) is 20.4. The number of urea groups is 1. The first kappa shape index (κ1) is 19.5. The van der Waals surface area contributed by atoms with Crippen LogP contribution < -0.4 is 10.1 Å². The van der Waals surface area contributed by atoms with Crippen molar-refractivity contribution in [3.05, 3.63) is 58.4 Å². The van der Waals surface area contributed by atoms with E-state index in [2.05, 4.69) is 15.5 Å². The van der Waals surface area contributed by atoms with Crippen molar-refractivity contribution in [3.8, 4) is 17.1 Å². The molecule has 0 aliphatic carbocycles. The Balaban J connectivity index is 1.52. The molecule has 0 radical (unpaired) electrons. The number of nitrogens with one attached hydrogen (secondary N) is 1. The minimum atomic E-state index is -0.313. The maximum Gasteiger partial charge on any atom is 0.322 e. The lowest BCUT2D eigenvalue weighted by Crippen LogP contribution is -2.34.